The Morgan fingerprint density at radius 1 is 1.10 bits per heavy atom. The molecule has 0 aromatic heterocycles. The van der Waals surface area contributed by atoms with E-state index in [1.54, 1.807) is 0 Å². The molecule has 116 valence electrons. The van der Waals surface area contributed by atoms with Crippen molar-refractivity contribution in [1.82, 2.24) is 0 Å². The number of nitrogens with zero attached hydrogens (tertiary/aromatic N) is 3. The summed E-state index contributed by atoms with van der Waals surface area (Å²) < 4.78 is 15.8. The molecule has 0 bridgehead atoms. The first kappa shape index (κ1) is 16.9. The maximum Gasteiger partial charge on any atom is 0.303 e. The Labute approximate surface area is 121 Å². The van der Waals surface area contributed by atoms with Crippen LogP contribution in [0.3, 0.4) is 0 Å². The number of carbonyl (C=O) groups is 3. The standard InChI is InChI=1S/C12H17N3O6/c1-6(16)4-9-11(19-7(2)17)12(20-8(3)18)10(21-9)5-14-15-13/h9-12H,4-5H2,1-3H3/t9-,10-,11+,12-/m1/s1. The van der Waals surface area contributed by atoms with Gasteiger partial charge in [-0.05, 0) is 12.5 Å². The lowest BCUT2D eigenvalue weighted by molar-refractivity contribution is -0.164. The maximum absolute atomic E-state index is 11.3. The fourth-order valence-corrected chi connectivity index (χ4v) is 2.18. The van der Waals surface area contributed by atoms with Gasteiger partial charge in [-0.15, -0.1) is 0 Å². The van der Waals surface area contributed by atoms with Crippen LogP contribution in [0, 0.1) is 0 Å². The van der Waals surface area contributed by atoms with E-state index in [0.29, 0.717) is 0 Å². The molecule has 0 N–H and O–H groups in total. The number of ether oxygens (including phenoxy) is 3. The normalized spacial score (nSPS) is 27.6. The van der Waals surface area contributed by atoms with E-state index >= 15 is 0 Å². The Morgan fingerprint density at radius 2 is 1.62 bits per heavy atom. The summed E-state index contributed by atoms with van der Waals surface area (Å²) in [7, 11) is 0. The van der Waals surface area contributed by atoms with Gasteiger partial charge < -0.3 is 14.2 Å². The highest BCUT2D eigenvalue weighted by Gasteiger charge is 2.48. The topological polar surface area (TPSA) is 128 Å². The van der Waals surface area contributed by atoms with Gasteiger partial charge in [-0.1, -0.05) is 5.11 Å². The summed E-state index contributed by atoms with van der Waals surface area (Å²) in [5.41, 5.74) is 8.37. The Hall–Kier alpha value is -2.12. The number of Topliss-reactive ketones (excluding diaryl/α,β-unsaturated/α-hetero) is 1. The van der Waals surface area contributed by atoms with Gasteiger partial charge in [-0.2, -0.15) is 0 Å². The number of rotatable bonds is 6. The van der Waals surface area contributed by atoms with Crippen LogP contribution < -0.4 is 0 Å². The minimum absolute atomic E-state index is 0.00246. The van der Waals surface area contributed by atoms with Crippen LogP contribution >= 0.6 is 0 Å². The number of hydrogen-bond donors (Lipinski definition) is 0. The van der Waals surface area contributed by atoms with Crippen LogP contribution in [0.1, 0.15) is 27.2 Å². The molecular weight excluding hydrogens is 282 g/mol. The summed E-state index contributed by atoms with van der Waals surface area (Å²) in [6.07, 6.45) is -3.33. The number of hydrogen-bond acceptors (Lipinski definition) is 7. The average molecular weight is 299 g/mol. The molecule has 0 aromatic rings. The largest absolute Gasteiger partial charge is 0.456 e. The second-order valence-corrected chi connectivity index (χ2v) is 4.68. The first-order valence-corrected chi connectivity index (χ1v) is 6.35. The molecule has 4 atom stereocenters. The molecule has 0 unspecified atom stereocenters. The first-order chi connectivity index (χ1) is 9.85. The minimum atomic E-state index is -0.916. The van der Waals surface area contributed by atoms with Crippen molar-refractivity contribution in [3.63, 3.8) is 0 Å². The quantitative estimate of drug-likeness (QED) is 0.310. The predicted octanol–water partition coefficient (Wildman–Crippen LogP) is 0.907. The van der Waals surface area contributed by atoms with Crippen LogP contribution in [0.2, 0.25) is 0 Å². The maximum atomic E-state index is 11.3. The summed E-state index contributed by atoms with van der Waals surface area (Å²) in [6.45, 7) is 3.68. The van der Waals surface area contributed by atoms with E-state index < -0.39 is 36.4 Å². The van der Waals surface area contributed by atoms with Crippen molar-refractivity contribution in [3.05, 3.63) is 10.4 Å². The van der Waals surface area contributed by atoms with Gasteiger partial charge in [-0.25, -0.2) is 0 Å². The van der Waals surface area contributed by atoms with Gasteiger partial charge in [0.1, 0.15) is 18.0 Å². The summed E-state index contributed by atoms with van der Waals surface area (Å²) in [5, 5.41) is 3.38. The van der Waals surface area contributed by atoms with Crippen molar-refractivity contribution in [3.8, 4) is 0 Å². The van der Waals surface area contributed by atoms with Gasteiger partial charge >= 0.3 is 11.9 Å². The second kappa shape index (κ2) is 7.61. The molecule has 0 radical (unpaired) electrons. The van der Waals surface area contributed by atoms with Crippen LogP contribution in [0.5, 0.6) is 0 Å². The number of carbonyl (C=O) groups excluding carboxylic acids is 3. The first-order valence-electron chi connectivity index (χ1n) is 6.35. The summed E-state index contributed by atoms with van der Waals surface area (Å²) in [6, 6.07) is 0. The highest BCUT2D eigenvalue weighted by atomic mass is 16.6. The minimum Gasteiger partial charge on any atom is -0.456 e. The van der Waals surface area contributed by atoms with Gasteiger partial charge in [0.25, 0.3) is 0 Å². The molecule has 0 spiro atoms. The molecule has 0 aromatic carbocycles. The number of ketones is 1. The molecule has 1 aliphatic rings. The molecule has 1 heterocycles. The molecule has 9 heteroatoms. The van der Waals surface area contributed by atoms with Crippen molar-refractivity contribution in [2.75, 3.05) is 6.54 Å². The highest BCUT2D eigenvalue weighted by molar-refractivity contribution is 5.76. The predicted molar refractivity (Wildman–Crippen MR) is 69.1 cm³/mol. The van der Waals surface area contributed by atoms with Crippen LogP contribution in [-0.2, 0) is 28.6 Å². The molecule has 21 heavy (non-hydrogen) atoms. The molecule has 0 saturated carbocycles. The van der Waals surface area contributed by atoms with Crippen LogP contribution in [-0.4, -0.2) is 48.7 Å². The van der Waals surface area contributed by atoms with Crippen molar-refractivity contribution in [2.45, 2.75) is 51.6 Å². The van der Waals surface area contributed by atoms with Gasteiger partial charge in [0.15, 0.2) is 12.2 Å². The highest BCUT2D eigenvalue weighted by Crippen LogP contribution is 2.29. The Bertz CT molecular complexity index is 446. The fraction of sp³-hybridized carbons (Fsp3) is 0.750. The van der Waals surface area contributed by atoms with E-state index in [1.807, 2.05) is 0 Å². The molecule has 9 nitrogen and oxygen atoms in total. The SMILES string of the molecule is CC(=O)C[C@H]1O[C@H](CN=[N+]=[N-])[C@@H](OC(C)=O)[C@H]1OC(C)=O. The van der Waals surface area contributed by atoms with E-state index in [2.05, 4.69) is 10.0 Å². The van der Waals surface area contributed by atoms with E-state index in [-0.39, 0.29) is 18.7 Å². The molecule has 1 fully saturated rings. The Balaban J connectivity index is 2.98. The van der Waals surface area contributed by atoms with E-state index in [9.17, 15) is 14.4 Å². The monoisotopic (exact) mass is 299 g/mol. The number of azide groups is 1. The van der Waals surface area contributed by atoms with Crippen molar-refractivity contribution >= 4 is 17.7 Å². The molecule has 1 saturated heterocycles. The molecule has 1 rings (SSSR count). The lowest BCUT2D eigenvalue weighted by Gasteiger charge is -2.22. The van der Waals surface area contributed by atoms with Crippen molar-refractivity contribution < 1.29 is 28.6 Å². The van der Waals surface area contributed by atoms with E-state index in [1.165, 1.54) is 20.8 Å². The summed E-state index contributed by atoms with van der Waals surface area (Å²) in [4.78, 5) is 36.3. The fourth-order valence-electron chi connectivity index (χ4n) is 2.18. The average Bonchev–Trinajstić information content (AvgIpc) is 2.63. The van der Waals surface area contributed by atoms with Crippen LogP contribution in [0.4, 0.5) is 0 Å². The summed E-state index contributed by atoms with van der Waals surface area (Å²) in [5.74, 6) is -1.34. The van der Waals surface area contributed by atoms with Gasteiger partial charge in [0.05, 0.1) is 6.54 Å². The zero-order valence-electron chi connectivity index (χ0n) is 12.0. The van der Waals surface area contributed by atoms with Crippen molar-refractivity contribution in [1.29, 1.82) is 0 Å². The third-order valence-electron chi connectivity index (χ3n) is 2.82. The second-order valence-electron chi connectivity index (χ2n) is 4.68. The van der Waals surface area contributed by atoms with Crippen molar-refractivity contribution in [2.24, 2.45) is 5.11 Å². The lowest BCUT2D eigenvalue weighted by Crippen LogP contribution is -2.40. The third-order valence-corrected chi connectivity index (χ3v) is 2.82. The number of esters is 2. The Kier molecular flexibility index (Phi) is 6.13. The van der Waals surface area contributed by atoms with Gasteiger partial charge in [-0.3, -0.25) is 14.4 Å². The third kappa shape index (κ3) is 5.05. The molecule has 0 aliphatic carbocycles. The van der Waals surface area contributed by atoms with Gasteiger partial charge in [0.2, 0.25) is 0 Å². The van der Waals surface area contributed by atoms with Gasteiger partial charge in [0, 0.05) is 25.2 Å². The molecule has 1 aliphatic heterocycles. The zero-order valence-corrected chi connectivity index (χ0v) is 12.0. The zero-order chi connectivity index (χ0) is 16.0. The van der Waals surface area contributed by atoms with Crippen LogP contribution in [0.25, 0.3) is 10.4 Å². The summed E-state index contributed by atoms with van der Waals surface area (Å²) >= 11 is 0. The van der Waals surface area contributed by atoms with E-state index in [4.69, 9.17) is 19.7 Å². The Morgan fingerprint density at radius 3 is 2.05 bits per heavy atom. The van der Waals surface area contributed by atoms with Crippen LogP contribution in [0.15, 0.2) is 5.11 Å². The lowest BCUT2D eigenvalue weighted by atomic mass is 10.0. The smallest absolute Gasteiger partial charge is 0.303 e. The van der Waals surface area contributed by atoms with E-state index in [0.717, 1.165) is 0 Å². The molecular formula is C12H17N3O6. The molecule has 0 amide bonds.